The van der Waals surface area contributed by atoms with E-state index in [0.29, 0.717) is 6.29 Å². The van der Waals surface area contributed by atoms with Gasteiger partial charge in [-0.2, -0.15) is 0 Å². The zero-order chi connectivity index (χ0) is 11.9. The maximum atomic E-state index is 11.4. The highest BCUT2D eigenvalue weighted by Crippen LogP contribution is 2.34. The van der Waals surface area contributed by atoms with E-state index in [4.69, 9.17) is 39.2 Å². The normalized spacial score (nSPS) is 10.7. The van der Waals surface area contributed by atoms with Crippen LogP contribution in [0.15, 0.2) is 21.3 Å². The van der Waals surface area contributed by atoms with Crippen LogP contribution in [0, 0.1) is 0 Å². The molecule has 16 heavy (non-hydrogen) atoms. The summed E-state index contributed by atoms with van der Waals surface area (Å²) >= 11 is 17.6. The van der Waals surface area contributed by atoms with Crippen molar-refractivity contribution in [3.8, 4) is 0 Å². The molecule has 0 radical (unpaired) electrons. The molecule has 6 heteroatoms. The van der Waals surface area contributed by atoms with Crippen LogP contribution in [-0.2, 0) is 0 Å². The number of aldehydes is 1. The molecule has 1 aromatic heterocycles. The predicted molar refractivity (Wildman–Crippen MR) is 62.9 cm³/mol. The van der Waals surface area contributed by atoms with Gasteiger partial charge < -0.3 is 4.42 Å². The van der Waals surface area contributed by atoms with Crippen molar-refractivity contribution in [2.75, 3.05) is 0 Å². The molecule has 1 aromatic carbocycles. The summed E-state index contributed by atoms with van der Waals surface area (Å²) in [5.41, 5.74) is -1.02. The summed E-state index contributed by atoms with van der Waals surface area (Å²) in [6.07, 6.45) is 0.324. The number of rotatable bonds is 1. The van der Waals surface area contributed by atoms with Gasteiger partial charge in [0.2, 0.25) is 0 Å². The fourth-order valence-corrected chi connectivity index (χ4v) is 2.11. The molecule has 0 fully saturated rings. The molecule has 0 aliphatic rings. The Bertz CT molecular complexity index is 646. The summed E-state index contributed by atoms with van der Waals surface area (Å²) in [5, 5.41) is 0.679. The number of hydrogen-bond acceptors (Lipinski definition) is 3. The van der Waals surface area contributed by atoms with E-state index in [9.17, 15) is 9.59 Å². The molecular weight excluding hydrogens is 274 g/mol. The molecule has 2 rings (SSSR count). The van der Waals surface area contributed by atoms with Crippen molar-refractivity contribution in [1.29, 1.82) is 0 Å². The zero-order valence-electron chi connectivity index (χ0n) is 7.59. The lowest BCUT2D eigenvalue weighted by atomic mass is 10.2. The van der Waals surface area contributed by atoms with Gasteiger partial charge in [0.25, 0.3) is 0 Å². The van der Waals surface area contributed by atoms with Crippen molar-refractivity contribution in [3.63, 3.8) is 0 Å². The molecule has 0 spiro atoms. The van der Waals surface area contributed by atoms with Crippen molar-refractivity contribution in [1.82, 2.24) is 0 Å². The second-order valence-corrected chi connectivity index (χ2v) is 4.16. The highest BCUT2D eigenvalue weighted by molar-refractivity contribution is 6.45. The monoisotopic (exact) mass is 276 g/mol. The molecular formula is C10H3Cl3O3. The molecule has 0 aliphatic carbocycles. The SMILES string of the molecule is O=Cc1c(Cl)c2c(Cl)ccc(Cl)c2oc1=O. The molecule has 0 saturated carbocycles. The van der Waals surface area contributed by atoms with Crippen LogP contribution < -0.4 is 5.63 Å². The minimum Gasteiger partial charge on any atom is -0.420 e. The van der Waals surface area contributed by atoms with Crippen LogP contribution in [0.2, 0.25) is 15.1 Å². The van der Waals surface area contributed by atoms with E-state index >= 15 is 0 Å². The molecule has 0 atom stereocenters. The van der Waals surface area contributed by atoms with Crippen LogP contribution in [-0.4, -0.2) is 6.29 Å². The standard InChI is InChI=1S/C10H3Cl3O3/c11-5-1-2-6(12)9-7(5)8(13)4(3-14)10(15)16-9/h1-3H. The fourth-order valence-electron chi connectivity index (χ4n) is 1.31. The molecule has 0 amide bonds. The van der Waals surface area contributed by atoms with Crippen molar-refractivity contribution < 1.29 is 9.21 Å². The first kappa shape index (κ1) is 11.5. The summed E-state index contributed by atoms with van der Waals surface area (Å²) in [6.45, 7) is 0. The number of benzene rings is 1. The van der Waals surface area contributed by atoms with E-state index < -0.39 is 5.63 Å². The first-order valence-electron chi connectivity index (χ1n) is 4.11. The number of halogens is 3. The van der Waals surface area contributed by atoms with E-state index in [2.05, 4.69) is 0 Å². The van der Waals surface area contributed by atoms with Gasteiger partial charge in [-0.1, -0.05) is 34.8 Å². The fraction of sp³-hybridized carbons (Fsp3) is 0. The van der Waals surface area contributed by atoms with Crippen LogP contribution >= 0.6 is 34.8 Å². The largest absolute Gasteiger partial charge is 0.420 e. The van der Waals surface area contributed by atoms with Crippen LogP contribution in [0.4, 0.5) is 0 Å². The first-order chi connectivity index (χ1) is 7.56. The van der Waals surface area contributed by atoms with Gasteiger partial charge in [0.15, 0.2) is 11.9 Å². The summed E-state index contributed by atoms with van der Waals surface area (Å²) in [5.74, 6) is 0. The van der Waals surface area contributed by atoms with Gasteiger partial charge in [0.1, 0.15) is 5.56 Å². The molecule has 0 N–H and O–H groups in total. The summed E-state index contributed by atoms with van der Waals surface area (Å²) in [6, 6.07) is 2.98. The van der Waals surface area contributed by atoms with Crippen molar-refractivity contribution in [2.45, 2.75) is 0 Å². The Kier molecular flexibility index (Phi) is 2.93. The molecule has 82 valence electrons. The van der Waals surface area contributed by atoms with Crippen LogP contribution in [0.1, 0.15) is 10.4 Å². The zero-order valence-corrected chi connectivity index (χ0v) is 9.86. The average Bonchev–Trinajstić information content (AvgIpc) is 2.24. The second kappa shape index (κ2) is 4.09. The third kappa shape index (κ3) is 1.61. The average molecular weight is 277 g/mol. The van der Waals surface area contributed by atoms with Crippen LogP contribution in [0.5, 0.6) is 0 Å². The first-order valence-corrected chi connectivity index (χ1v) is 5.25. The smallest absolute Gasteiger partial charge is 0.348 e. The highest BCUT2D eigenvalue weighted by Gasteiger charge is 2.16. The molecule has 2 aromatic rings. The molecule has 3 nitrogen and oxygen atoms in total. The van der Waals surface area contributed by atoms with Gasteiger partial charge >= 0.3 is 5.63 Å². The minimum atomic E-state index is -0.836. The lowest BCUT2D eigenvalue weighted by molar-refractivity contribution is 0.112. The quantitative estimate of drug-likeness (QED) is 0.591. The van der Waals surface area contributed by atoms with E-state index in [1.807, 2.05) is 0 Å². The Morgan fingerprint density at radius 3 is 2.38 bits per heavy atom. The van der Waals surface area contributed by atoms with E-state index in [1.165, 1.54) is 12.1 Å². The molecule has 0 saturated heterocycles. The highest BCUT2D eigenvalue weighted by atomic mass is 35.5. The number of carbonyl (C=O) groups is 1. The van der Waals surface area contributed by atoms with Gasteiger partial charge in [-0.05, 0) is 12.1 Å². The molecule has 0 bridgehead atoms. The predicted octanol–water partition coefficient (Wildman–Crippen LogP) is 3.57. The summed E-state index contributed by atoms with van der Waals surface area (Å²) in [4.78, 5) is 22.0. The second-order valence-electron chi connectivity index (χ2n) is 2.97. The van der Waals surface area contributed by atoms with Crippen molar-refractivity contribution >= 4 is 52.1 Å². The van der Waals surface area contributed by atoms with Gasteiger partial charge in [-0.25, -0.2) is 4.79 Å². The third-order valence-electron chi connectivity index (χ3n) is 2.05. The van der Waals surface area contributed by atoms with Crippen molar-refractivity contribution in [3.05, 3.63) is 43.2 Å². The molecule has 1 heterocycles. The summed E-state index contributed by atoms with van der Waals surface area (Å²) in [7, 11) is 0. The van der Waals surface area contributed by atoms with Gasteiger partial charge in [0, 0.05) is 0 Å². The lowest BCUT2D eigenvalue weighted by Gasteiger charge is -2.04. The maximum Gasteiger partial charge on any atom is 0.348 e. The minimum absolute atomic E-state index is 0.0475. The number of fused-ring (bicyclic) bond motifs is 1. The van der Waals surface area contributed by atoms with Gasteiger partial charge in [-0.15, -0.1) is 0 Å². The Morgan fingerprint density at radius 2 is 1.75 bits per heavy atom. The van der Waals surface area contributed by atoms with E-state index in [1.54, 1.807) is 0 Å². The Morgan fingerprint density at radius 1 is 1.12 bits per heavy atom. The van der Waals surface area contributed by atoms with Crippen LogP contribution in [0.3, 0.4) is 0 Å². The van der Waals surface area contributed by atoms with E-state index in [-0.39, 0.29) is 31.6 Å². The lowest BCUT2D eigenvalue weighted by Crippen LogP contribution is -2.07. The number of hydrogen-bond donors (Lipinski definition) is 0. The van der Waals surface area contributed by atoms with Crippen molar-refractivity contribution in [2.24, 2.45) is 0 Å². The molecule has 0 unspecified atom stereocenters. The molecule has 0 aliphatic heterocycles. The number of carbonyl (C=O) groups excluding carboxylic acids is 1. The third-order valence-corrected chi connectivity index (χ3v) is 3.05. The maximum absolute atomic E-state index is 11.4. The summed E-state index contributed by atoms with van der Waals surface area (Å²) < 4.78 is 4.89. The topological polar surface area (TPSA) is 47.3 Å². The van der Waals surface area contributed by atoms with Gasteiger partial charge in [0.05, 0.1) is 20.5 Å². The Balaban J connectivity index is 3.10. The Hall–Kier alpha value is -1.03. The Labute approximate surface area is 105 Å². The van der Waals surface area contributed by atoms with E-state index in [0.717, 1.165) is 0 Å². The van der Waals surface area contributed by atoms with Gasteiger partial charge in [-0.3, -0.25) is 4.79 Å². The van der Waals surface area contributed by atoms with Crippen LogP contribution in [0.25, 0.3) is 11.0 Å².